The van der Waals surface area contributed by atoms with Gasteiger partial charge in [-0.05, 0) is 19.3 Å². The van der Waals surface area contributed by atoms with Crippen molar-refractivity contribution in [3.05, 3.63) is 12.2 Å². The molecule has 21 heavy (non-hydrogen) atoms. The molecule has 1 aliphatic rings. The monoisotopic (exact) mass is 295 g/mol. The van der Waals surface area contributed by atoms with E-state index >= 15 is 0 Å². The van der Waals surface area contributed by atoms with Gasteiger partial charge < -0.3 is 15.7 Å². The molecule has 0 unspecified atom stereocenters. The number of urea groups is 1. The number of nitrogens with one attached hydrogen (secondary N) is 2. The Kier molecular flexibility index (Phi) is 4.77. The lowest BCUT2D eigenvalue weighted by atomic mass is 9.98. The maximum absolute atomic E-state index is 11.9. The first-order valence-corrected chi connectivity index (χ1v) is 7.23. The highest BCUT2D eigenvalue weighted by Crippen LogP contribution is 2.29. The number of carboxylic acids is 1. The third-order valence-electron chi connectivity index (χ3n) is 3.76. The van der Waals surface area contributed by atoms with Crippen molar-refractivity contribution >= 4 is 12.0 Å². The molecule has 1 fully saturated rings. The molecule has 0 spiro atoms. The van der Waals surface area contributed by atoms with Gasteiger partial charge in [-0.25, -0.2) is 19.3 Å². The van der Waals surface area contributed by atoms with Crippen LogP contribution in [0.3, 0.4) is 0 Å². The fourth-order valence-corrected chi connectivity index (χ4v) is 2.62. The van der Waals surface area contributed by atoms with Crippen molar-refractivity contribution in [2.75, 3.05) is 0 Å². The SMILES string of the molecule is CCCn1ncnc1CNC(=O)NC1(C(=O)O)CCCC1. The predicted octanol–water partition coefficient (Wildman–Crippen LogP) is 0.885. The Bertz CT molecular complexity index is 508. The van der Waals surface area contributed by atoms with E-state index in [2.05, 4.69) is 20.7 Å². The lowest BCUT2D eigenvalue weighted by Gasteiger charge is -2.25. The van der Waals surface area contributed by atoms with E-state index in [-0.39, 0.29) is 6.54 Å². The normalized spacial score (nSPS) is 16.6. The maximum Gasteiger partial charge on any atom is 0.329 e. The summed E-state index contributed by atoms with van der Waals surface area (Å²) in [5, 5.41) is 18.6. The van der Waals surface area contributed by atoms with Crippen LogP contribution in [-0.2, 0) is 17.9 Å². The second kappa shape index (κ2) is 6.55. The lowest BCUT2D eigenvalue weighted by Crippen LogP contribution is -2.55. The first kappa shape index (κ1) is 15.3. The third kappa shape index (κ3) is 3.50. The minimum Gasteiger partial charge on any atom is -0.480 e. The number of hydrogen-bond donors (Lipinski definition) is 3. The van der Waals surface area contributed by atoms with Crippen LogP contribution in [0, 0.1) is 0 Å². The van der Waals surface area contributed by atoms with Gasteiger partial charge >= 0.3 is 12.0 Å². The summed E-state index contributed by atoms with van der Waals surface area (Å²) in [6, 6.07) is -0.481. The number of hydrogen-bond acceptors (Lipinski definition) is 4. The summed E-state index contributed by atoms with van der Waals surface area (Å²) >= 11 is 0. The van der Waals surface area contributed by atoms with Gasteiger partial charge in [0.05, 0.1) is 6.54 Å². The largest absolute Gasteiger partial charge is 0.480 e. The Morgan fingerprint density at radius 3 is 2.76 bits per heavy atom. The fourth-order valence-electron chi connectivity index (χ4n) is 2.62. The minimum absolute atomic E-state index is 0.224. The molecular weight excluding hydrogens is 274 g/mol. The first-order chi connectivity index (χ1) is 10.1. The van der Waals surface area contributed by atoms with Gasteiger partial charge in [-0.15, -0.1) is 0 Å². The highest BCUT2D eigenvalue weighted by Gasteiger charge is 2.42. The molecule has 116 valence electrons. The molecule has 8 nitrogen and oxygen atoms in total. The molecule has 0 saturated heterocycles. The molecule has 3 N–H and O–H groups in total. The zero-order chi connectivity index (χ0) is 15.3. The summed E-state index contributed by atoms with van der Waals surface area (Å²) in [5.74, 6) is -0.313. The molecule has 2 amide bonds. The Morgan fingerprint density at radius 2 is 2.14 bits per heavy atom. The lowest BCUT2D eigenvalue weighted by molar-refractivity contribution is -0.144. The van der Waals surface area contributed by atoms with Crippen LogP contribution >= 0.6 is 0 Å². The van der Waals surface area contributed by atoms with Crippen LogP contribution in [0.4, 0.5) is 4.79 Å². The highest BCUT2D eigenvalue weighted by atomic mass is 16.4. The van der Waals surface area contributed by atoms with Crippen LogP contribution in [0.5, 0.6) is 0 Å². The smallest absolute Gasteiger partial charge is 0.329 e. The van der Waals surface area contributed by atoms with Crippen molar-refractivity contribution in [1.82, 2.24) is 25.4 Å². The van der Waals surface area contributed by atoms with Crippen molar-refractivity contribution in [2.45, 2.75) is 57.7 Å². The van der Waals surface area contributed by atoms with E-state index in [0.29, 0.717) is 18.7 Å². The summed E-state index contributed by atoms with van der Waals surface area (Å²) in [6.07, 6.45) is 4.95. The number of carbonyl (C=O) groups excluding carboxylic acids is 1. The molecule has 0 radical (unpaired) electrons. The number of amides is 2. The summed E-state index contributed by atoms with van der Waals surface area (Å²) in [4.78, 5) is 27.4. The van der Waals surface area contributed by atoms with Gasteiger partial charge in [-0.2, -0.15) is 5.10 Å². The molecule has 1 saturated carbocycles. The van der Waals surface area contributed by atoms with Gasteiger partial charge in [0, 0.05) is 6.54 Å². The average molecular weight is 295 g/mol. The molecule has 1 aromatic rings. The van der Waals surface area contributed by atoms with Gasteiger partial charge in [-0.1, -0.05) is 19.8 Å². The van der Waals surface area contributed by atoms with Crippen LogP contribution in [-0.4, -0.2) is 37.4 Å². The van der Waals surface area contributed by atoms with Crippen molar-refractivity contribution in [3.63, 3.8) is 0 Å². The molecule has 1 aliphatic carbocycles. The Labute approximate surface area is 122 Å². The Morgan fingerprint density at radius 1 is 1.43 bits per heavy atom. The van der Waals surface area contributed by atoms with Crippen molar-refractivity contribution in [1.29, 1.82) is 0 Å². The second-order valence-corrected chi connectivity index (χ2v) is 5.30. The van der Waals surface area contributed by atoms with Crippen LogP contribution < -0.4 is 10.6 Å². The number of carbonyl (C=O) groups is 2. The van der Waals surface area contributed by atoms with Gasteiger partial charge in [0.25, 0.3) is 0 Å². The molecular formula is C13H21N5O3. The van der Waals surface area contributed by atoms with Crippen molar-refractivity contribution in [3.8, 4) is 0 Å². The van der Waals surface area contributed by atoms with Crippen molar-refractivity contribution < 1.29 is 14.7 Å². The quantitative estimate of drug-likeness (QED) is 0.722. The highest BCUT2D eigenvalue weighted by molar-refractivity contribution is 5.86. The third-order valence-corrected chi connectivity index (χ3v) is 3.76. The number of aromatic nitrogens is 3. The van der Waals surface area contributed by atoms with Gasteiger partial charge in [0.2, 0.25) is 0 Å². The summed E-state index contributed by atoms with van der Waals surface area (Å²) in [5.41, 5.74) is -1.12. The number of aryl methyl sites for hydroxylation is 1. The number of aliphatic carboxylic acids is 1. The van der Waals surface area contributed by atoms with Gasteiger partial charge in [0.15, 0.2) is 0 Å². The van der Waals surface area contributed by atoms with E-state index in [0.717, 1.165) is 25.8 Å². The molecule has 0 bridgehead atoms. The Balaban J connectivity index is 1.90. The van der Waals surface area contributed by atoms with Crippen LogP contribution in [0.1, 0.15) is 44.9 Å². The summed E-state index contributed by atoms with van der Waals surface area (Å²) in [6.45, 7) is 2.99. The molecule has 0 aromatic carbocycles. The fraction of sp³-hybridized carbons (Fsp3) is 0.692. The molecule has 2 rings (SSSR count). The zero-order valence-electron chi connectivity index (χ0n) is 12.1. The van der Waals surface area contributed by atoms with Crippen LogP contribution in [0.2, 0.25) is 0 Å². The first-order valence-electron chi connectivity index (χ1n) is 7.23. The molecule has 1 heterocycles. The molecule has 0 atom stereocenters. The number of carboxylic acid groups (broad SMARTS) is 1. The topological polar surface area (TPSA) is 109 Å². The zero-order valence-corrected chi connectivity index (χ0v) is 12.1. The molecule has 0 aliphatic heterocycles. The molecule has 1 aromatic heterocycles. The second-order valence-electron chi connectivity index (χ2n) is 5.30. The van der Waals surface area contributed by atoms with Crippen LogP contribution in [0.15, 0.2) is 6.33 Å². The van der Waals surface area contributed by atoms with Crippen molar-refractivity contribution in [2.24, 2.45) is 0 Å². The van der Waals surface area contributed by atoms with E-state index in [1.807, 2.05) is 6.92 Å². The van der Waals surface area contributed by atoms with E-state index in [4.69, 9.17) is 0 Å². The summed E-state index contributed by atoms with van der Waals surface area (Å²) < 4.78 is 1.73. The van der Waals surface area contributed by atoms with E-state index in [9.17, 15) is 14.7 Å². The standard InChI is InChI=1S/C13H21N5O3/c1-2-7-18-10(15-9-16-18)8-14-12(21)17-13(11(19)20)5-3-4-6-13/h9H,2-8H2,1H3,(H,19,20)(H2,14,17,21). The van der Waals surface area contributed by atoms with E-state index < -0.39 is 17.5 Å². The predicted molar refractivity (Wildman–Crippen MR) is 74.5 cm³/mol. The van der Waals surface area contributed by atoms with Gasteiger partial charge in [0.1, 0.15) is 17.7 Å². The van der Waals surface area contributed by atoms with Crippen LogP contribution in [0.25, 0.3) is 0 Å². The van der Waals surface area contributed by atoms with E-state index in [1.165, 1.54) is 6.33 Å². The summed E-state index contributed by atoms with van der Waals surface area (Å²) in [7, 11) is 0. The molecule has 8 heteroatoms. The number of rotatable bonds is 6. The number of nitrogens with zero attached hydrogens (tertiary/aromatic N) is 3. The average Bonchev–Trinajstić information content (AvgIpc) is 3.07. The minimum atomic E-state index is -1.12. The maximum atomic E-state index is 11.9. The van der Waals surface area contributed by atoms with Gasteiger partial charge in [-0.3, -0.25) is 0 Å². The van der Waals surface area contributed by atoms with E-state index in [1.54, 1.807) is 4.68 Å². The Hall–Kier alpha value is -2.12.